The third kappa shape index (κ3) is 2.36. The van der Waals surface area contributed by atoms with E-state index in [9.17, 15) is 0 Å². The highest BCUT2D eigenvalue weighted by Crippen LogP contribution is 2.24. The molecule has 0 aliphatic carbocycles. The quantitative estimate of drug-likeness (QED) is 0.885. The van der Waals surface area contributed by atoms with Gasteiger partial charge in [0.1, 0.15) is 17.3 Å². The fraction of sp³-hybridized carbons (Fsp3) is 0.385. The summed E-state index contributed by atoms with van der Waals surface area (Å²) in [4.78, 5) is 4.40. The van der Waals surface area contributed by atoms with Crippen LogP contribution in [0.5, 0.6) is 5.75 Å². The summed E-state index contributed by atoms with van der Waals surface area (Å²) < 4.78 is 7.17. The molecule has 2 rings (SSSR count). The standard InChI is InChI=1S/C13H18N4O/c1-9-4-5-12(18-3)11(8-9)17-10(2)15-13(16-17)6-7-14/h4-5,8H,6-7,14H2,1-3H3. The van der Waals surface area contributed by atoms with Gasteiger partial charge in [0.05, 0.1) is 7.11 Å². The van der Waals surface area contributed by atoms with Gasteiger partial charge in [-0.15, -0.1) is 0 Å². The highest BCUT2D eigenvalue weighted by Gasteiger charge is 2.12. The van der Waals surface area contributed by atoms with E-state index in [2.05, 4.69) is 10.1 Å². The molecule has 1 heterocycles. The van der Waals surface area contributed by atoms with Crippen LogP contribution in [0, 0.1) is 13.8 Å². The highest BCUT2D eigenvalue weighted by atomic mass is 16.5. The predicted molar refractivity (Wildman–Crippen MR) is 70.1 cm³/mol. The van der Waals surface area contributed by atoms with E-state index in [1.807, 2.05) is 32.0 Å². The van der Waals surface area contributed by atoms with E-state index in [-0.39, 0.29) is 0 Å². The van der Waals surface area contributed by atoms with E-state index in [1.54, 1.807) is 11.8 Å². The first-order valence-electron chi connectivity index (χ1n) is 5.93. The maximum Gasteiger partial charge on any atom is 0.152 e. The predicted octanol–water partition coefficient (Wildman–Crippen LogP) is 1.39. The Balaban J connectivity index is 2.50. The molecule has 1 aromatic carbocycles. The molecule has 0 atom stereocenters. The van der Waals surface area contributed by atoms with Crippen LogP contribution in [-0.2, 0) is 6.42 Å². The zero-order valence-corrected chi connectivity index (χ0v) is 11.0. The van der Waals surface area contributed by atoms with E-state index >= 15 is 0 Å². The largest absolute Gasteiger partial charge is 0.494 e. The number of methoxy groups -OCH3 is 1. The summed E-state index contributed by atoms with van der Waals surface area (Å²) in [5.74, 6) is 2.38. The van der Waals surface area contributed by atoms with Gasteiger partial charge >= 0.3 is 0 Å². The molecule has 0 amide bonds. The summed E-state index contributed by atoms with van der Waals surface area (Å²) in [6.45, 7) is 4.51. The topological polar surface area (TPSA) is 66.0 Å². The second-order valence-electron chi connectivity index (χ2n) is 4.20. The van der Waals surface area contributed by atoms with Gasteiger partial charge in [-0.1, -0.05) is 6.07 Å². The molecule has 0 saturated carbocycles. The minimum Gasteiger partial charge on any atom is -0.494 e. The normalized spacial score (nSPS) is 10.7. The number of benzene rings is 1. The van der Waals surface area contributed by atoms with Crippen LogP contribution in [0.2, 0.25) is 0 Å². The third-order valence-electron chi connectivity index (χ3n) is 2.74. The molecule has 0 fully saturated rings. The van der Waals surface area contributed by atoms with Crippen molar-refractivity contribution in [3.63, 3.8) is 0 Å². The molecule has 0 spiro atoms. The molecule has 1 aromatic heterocycles. The van der Waals surface area contributed by atoms with Crippen LogP contribution in [0.4, 0.5) is 0 Å². The molecule has 0 bridgehead atoms. The third-order valence-corrected chi connectivity index (χ3v) is 2.74. The van der Waals surface area contributed by atoms with Crippen LogP contribution < -0.4 is 10.5 Å². The molecule has 0 radical (unpaired) electrons. The Labute approximate surface area is 107 Å². The zero-order valence-electron chi connectivity index (χ0n) is 11.0. The van der Waals surface area contributed by atoms with Gasteiger partial charge < -0.3 is 10.5 Å². The number of hydrogen-bond acceptors (Lipinski definition) is 4. The molecule has 0 unspecified atom stereocenters. The van der Waals surface area contributed by atoms with E-state index in [0.717, 1.165) is 28.6 Å². The number of nitrogens with zero attached hydrogens (tertiary/aromatic N) is 3. The second kappa shape index (κ2) is 5.18. The summed E-state index contributed by atoms with van der Waals surface area (Å²) in [5, 5.41) is 4.47. The van der Waals surface area contributed by atoms with Crippen molar-refractivity contribution in [2.24, 2.45) is 5.73 Å². The SMILES string of the molecule is COc1ccc(C)cc1-n1nc(CCN)nc1C. The number of nitrogens with two attached hydrogens (primary N) is 1. The van der Waals surface area contributed by atoms with Crippen LogP contribution >= 0.6 is 0 Å². The molecular formula is C13H18N4O. The molecule has 0 saturated heterocycles. The van der Waals surface area contributed by atoms with Crippen LogP contribution in [0.1, 0.15) is 17.2 Å². The highest BCUT2D eigenvalue weighted by molar-refractivity contribution is 5.48. The van der Waals surface area contributed by atoms with Crippen LogP contribution in [0.15, 0.2) is 18.2 Å². The Hall–Kier alpha value is -1.88. The van der Waals surface area contributed by atoms with Crippen molar-refractivity contribution in [3.8, 4) is 11.4 Å². The van der Waals surface area contributed by atoms with Crippen molar-refractivity contribution in [1.29, 1.82) is 0 Å². The Kier molecular flexibility index (Phi) is 3.62. The molecule has 0 aliphatic heterocycles. The first-order valence-corrected chi connectivity index (χ1v) is 5.93. The van der Waals surface area contributed by atoms with Crippen LogP contribution in [0.25, 0.3) is 5.69 Å². The molecule has 96 valence electrons. The van der Waals surface area contributed by atoms with Gasteiger partial charge in [-0.05, 0) is 38.1 Å². The number of aromatic nitrogens is 3. The van der Waals surface area contributed by atoms with E-state index in [1.165, 1.54) is 0 Å². The summed E-state index contributed by atoms with van der Waals surface area (Å²) in [5.41, 5.74) is 7.59. The van der Waals surface area contributed by atoms with Gasteiger partial charge in [0, 0.05) is 6.42 Å². The molecule has 2 aromatic rings. The number of hydrogen-bond donors (Lipinski definition) is 1. The first kappa shape index (κ1) is 12.6. The van der Waals surface area contributed by atoms with E-state index in [0.29, 0.717) is 13.0 Å². The fourth-order valence-electron chi connectivity index (χ4n) is 1.87. The maximum atomic E-state index is 5.52. The Morgan fingerprint density at radius 3 is 2.78 bits per heavy atom. The smallest absolute Gasteiger partial charge is 0.152 e. The summed E-state index contributed by atoms with van der Waals surface area (Å²) in [7, 11) is 1.65. The van der Waals surface area contributed by atoms with Gasteiger partial charge in [-0.2, -0.15) is 5.10 Å². The summed E-state index contributed by atoms with van der Waals surface area (Å²) in [6, 6.07) is 5.98. The zero-order chi connectivity index (χ0) is 13.1. The lowest BCUT2D eigenvalue weighted by Crippen LogP contribution is -2.05. The van der Waals surface area contributed by atoms with E-state index in [4.69, 9.17) is 10.5 Å². The van der Waals surface area contributed by atoms with E-state index < -0.39 is 0 Å². The minimum atomic E-state index is 0.550. The molecule has 5 heteroatoms. The van der Waals surface area contributed by atoms with Crippen LogP contribution in [0.3, 0.4) is 0 Å². The van der Waals surface area contributed by atoms with Gasteiger partial charge in [-0.25, -0.2) is 9.67 Å². The summed E-state index contributed by atoms with van der Waals surface area (Å²) >= 11 is 0. The monoisotopic (exact) mass is 246 g/mol. The van der Waals surface area contributed by atoms with Gasteiger partial charge in [-0.3, -0.25) is 0 Å². The fourth-order valence-corrected chi connectivity index (χ4v) is 1.87. The Morgan fingerprint density at radius 2 is 2.11 bits per heavy atom. The molecule has 0 aliphatic rings. The van der Waals surface area contributed by atoms with Crippen molar-refractivity contribution < 1.29 is 4.74 Å². The second-order valence-corrected chi connectivity index (χ2v) is 4.20. The van der Waals surface area contributed by atoms with Gasteiger partial charge in [0.15, 0.2) is 5.82 Å². The average Bonchev–Trinajstić information content (AvgIpc) is 2.70. The number of ether oxygens (including phenoxy) is 1. The number of aryl methyl sites for hydroxylation is 2. The lowest BCUT2D eigenvalue weighted by atomic mass is 10.2. The lowest BCUT2D eigenvalue weighted by Gasteiger charge is -2.10. The Morgan fingerprint density at radius 1 is 1.33 bits per heavy atom. The van der Waals surface area contributed by atoms with Crippen LogP contribution in [-0.4, -0.2) is 28.4 Å². The van der Waals surface area contributed by atoms with Crippen molar-refractivity contribution in [3.05, 3.63) is 35.4 Å². The summed E-state index contributed by atoms with van der Waals surface area (Å²) in [6.07, 6.45) is 0.683. The van der Waals surface area contributed by atoms with Crippen molar-refractivity contribution in [2.75, 3.05) is 13.7 Å². The Bertz CT molecular complexity index is 548. The van der Waals surface area contributed by atoms with Crippen molar-refractivity contribution in [1.82, 2.24) is 14.8 Å². The van der Waals surface area contributed by atoms with Gasteiger partial charge in [0.25, 0.3) is 0 Å². The van der Waals surface area contributed by atoms with Crippen molar-refractivity contribution in [2.45, 2.75) is 20.3 Å². The molecule has 18 heavy (non-hydrogen) atoms. The number of rotatable bonds is 4. The molecule has 5 nitrogen and oxygen atoms in total. The lowest BCUT2D eigenvalue weighted by molar-refractivity contribution is 0.411. The molecular weight excluding hydrogens is 228 g/mol. The maximum absolute atomic E-state index is 5.52. The average molecular weight is 246 g/mol. The first-order chi connectivity index (χ1) is 8.65. The minimum absolute atomic E-state index is 0.550. The van der Waals surface area contributed by atoms with Gasteiger partial charge in [0.2, 0.25) is 0 Å². The molecule has 2 N–H and O–H groups in total. The van der Waals surface area contributed by atoms with Crippen molar-refractivity contribution >= 4 is 0 Å².